The average molecular weight is 362 g/mol. The van der Waals surface area contributed by atoms with Crippen LogP contribution in [0, 0.1) is 0 Å². The third kappa shape index (κ3) is 5.13. The first-order valence-electron chi connectivity index (χ1n) is 9.32. The molecule has 2 rings (SSSR count). The molecule has 0 N–H and O–H groups in total. The van der Waals surface area contributed by atoms with Crippen LogP contribution in [-0.4, -0.2) is 61.7 Å². The van der Waals surface area contributed by atoms with Crippen molar-refractivity contribution in [3.8, 4) is 5.75 Å². The summed E-state index contributed by atoms with van der Waals surface area (Å²) in [5.41, 5.74) is 2.10. The smallest absolute Gasteiger partial charge is 0.409 e. The predicted octanol–water partition coefficient (Wildman–Crippen LogP) is 3.05. The fourth-order valence-electron chi connectivity index (χ4n) is 3.13. The number of amides is 2. The molecule has 6 nitrogen and oxygen atoms in total. The molecule has 1 aliphatic heterocycles. The van der Waals surface area contributed by atoms with Crippen LogP contribution in [-0.2, 0) is 16.0 Å². The molecule has 6 heteroatoms. The predicted molar refractivity (Wildman–Crippen MR) is 101 cm³/mol. The van der Waals surface area contributed by atoms with E-state index in [2.05, 4.69) is 19.9 Å². The summed E-state index contributed by atoms with van der Waals surface area (Å²) in [6.07, 6.45) is 0.768. The van der Waals surface area contributed by atoms with Gasteiger partial charge in [-0.1, -0.05) is 26.0 Å². The SMILES string of the molecule is CCOC(=O)N1CCCN(C(=O)Cc2cc(C(C)C)ccc2OC)CC1. The fraction of sp³-hybridized carbons (Fsp3) is 0.600. The van der Waals surface area contributed by atoms with E-state index in [1.165, 1.54) is 5.56 Å². The molecule has 0 bridgehead atoms. The Hall–Kier alpha value is -2.24. The lowest BCUT2D eigenvalue weighted by Crippen LogP contribution is -2.38. The number of rotatable bonds is 5. The molecule has 0 aliphatic carbocycles. The molecule has 2 amide bonds. The number of hydrogen-bond acceptors (Lipinski definition) is 4. The molecule has 1 aliphatic rings. The molecule has 0 spiro atoms. The number of ether oxygens (including phenoxy) is 2. The van der Waals surface area contributed by atoms with Crippen molar-refractivity contribution >= 4 is 12.0 Å². The summed E-state index contributed by atoms with van der Waals surface area (Å²) in [7, 11) is 1.63. The Morgan fingerprint density at radius 3 is 2.46 bits per heavy atom. The lowest BCUT2D eigenvalue weighted by atomic mass is 9.98. The summed E-state index contributed by atoms with van der Waals surface area (Å²) in [6.45, 7) is 8.74. The maximum absolute atomic E-state index is 12.8. The molecule has 0 unspecified atom stereocenters. The van der Waals surface area contributed by atoms with E-state index in [9.17, 15) is 9.59 Å². The highest BCUT2D eigenvalue weighted by atomic mass is 16.6. The van der Waals surface area contributed by atoms with Gasteiger partial charge in [0.15, 0.2) is 0 Å². The van der Waals surface area contributed by atoms with E-state index in [4.69, 9.17) is 9.47 Å². The first-order valence-corrected chi connectivity index (χ1v) is 9.32. The van der Waals surface area contributed by atoms with E-state index in [1.54, 1.807) is 18.9 Å². The van der Waals surface area contributed by atoms with Crippen molar-refractivity contribution in [2.24, 2.45) is 0 Å². The minimum Gasteiger partial charge on any atom is -0.496 e. The summed E-state index contributed by atoms with van der Waals surface area (Å²) in [4.78, 5) is 28.2. The molecule has 1 heterocycles. The molecule has 0 atom stereocenters. The third-order valence-electron chi connectivity index (χ3n) is 4.69. The quantitative estimate of drug-likeness (QED) is 0.808. The van der Waals surface area contributed by atoms with Gasteiger partial charge in [-0.15, -0.1) is 0 Å². The van der Waals surface area contributed by atoms with Crippen molar-refractivity contribution in [2.45, 2.75) is 39.5 Å². The van der Waals surface area contributed by atoms with Gasteiger partial charge in [0.05, 0.1) is 20.1 Å². The number of carbonyl (C=O) groups is 2. The van der Waals surface area contributed by atoms with Crippen LogP contribution in [0.5, 0.6) is 5.75 Å². The van der Waals surface area contributed by atoms with Crippen LogP contribution in [0.25, 0.3) is 0 Å². The highest BCUT2D eigenvalue weighted by Crippen LogP contribution is 2.25. The molecule has 1 saturated heterocycles. The van der Waals surface area contributed by atoms with Gasteiger partial charge in [0.2, 0.25) is 5.91 Å². The van der Waals surface area contributed by atoms with E-state index < -0.39 is 0 Å². The Labute approximate surface area is 156 Å². The monoisotopic (exact) mass is 362 g/mol. The minimum atomic E-state index is -0.298. The molecule has 0 radical (unpaired) electrons. The number of benzene rings is 1. The van der Waals surface area contributed by atoms with Gasteiger partial charge >= 0.3 is 6.09 Å². The Morgan fingerprint density at radius 1 is 1.12 bits per heavy atom. The maximum Gasteiger partial charge on any atom is 0.409 e. The first kappa shape index (κ1) is 20.1. The molecule has 1 aromatic carbocycles. The highest BCUT2D eigenvalue weighted by molar-refractivity contribution is 5.80. The van der Waals surface area contributed by atoms with Gasteiger partial charge in [0, 0.05) is 31.7 Å². The van der Waals surface area contributed by atoms with Crippen LogP contribution in [0.2, 0.25) is 0 Å². The van der Waals surface area contributed by atoms with Gasteiger partial charge < -0.3 is 19.3 Å². The van der Waals surface area contributed by atoms with Gasteiger partial charge in [-0.25, -0.2) is 4.79 Å². The standard InChI is InChI=1S/C20H30N2O4/c1-5-26-20(24)22-10-6-9-21(11-12-22)19(23)14-17-13-16(15(2)3)7-8-18(17)25-4/h7-8,13,15H,5-6,9-12,14H2,1-4H3. The van der Waals surface area contributed by atoms with Crippen molar-refractivity contribution < 1.29 is 19.1 Å². The summed E-state index contributed by atoms with van der Waals surface area (Å²) in [6, 6.07) is 6.04. The van der Waals surface area contributed by atoms with Gasteiger partial charge in [-0.3, -0.25) is 4.79 Å². The molecule has 144 valence electrons. The van der Waals surface area contributed by atoms with E-state index in [0.29, 0.717) is 45.1 Å². The number of carbonyl (C=O) groups excluding carboxylic acids is 2. The summed E-state index contributed by atoms with van der Waals surface area (Å²) in [5.74, 6) is 1.20. The molecule has 1 fully saturated rings. The van der Waals surface area contributed by atoms with Gasteiger partial charge in [0.25, 0.3) is 0 Å². The molecule has 26 heavy (non-hydrogen) atoms. The van der Waals surface area contributed by atoms with E-state index >= 15 is 0 Å². The second-order valence-electron chi connectivity index (χ2n) is 6.82. The van der Waals surface area contributed by atoms with Crippen LogP contribution in [0.3, 0.4) is 0 Å². The van der Waals surface area contributed by atoms with Crippen LogP contribution in [0.1, 0.15) is 44.2 Å². The van der Waals surface area contributed by atoms with E-state index in [0.717, 1.165) is 17.7 Å². The Balaban J connectivity index is 2.03. The lowest BCUT2D eigenvalue weighted by molar-refractivity contribution is -0.130. The van der Waals surface area contributed by atoms with Crippen LogP contribution in [0.4, 0.5) is 4.79 Å². The van der Waals surface area contributed by atoms with Gasteiger partial charge in [-0.2, -0.15) is 0 Å². The highest BCUT2D eigenvalue weighted by Gasteiger charge is 2.23. The van der Waals surface area contributed by atoms with Crippen molar-refractivity contribution in [3.05, 3.63) is 29.3 Å². The number of hydrogen-bond donors (Lipinski definition) is 0. The van der Waals surface area contributed by atoms with Gasteiger partial charge in [0.1, 0.15) is 5.75 Å². The Bertz CT molecular complexity index is 630. The summed E-state index contributed by atoms with van der Waals surface area (Å²) in [5, 5.41) is 0. The van der Waals surface area contributed by atoms with E-state index in [-0.39, 0.29) is 12.0 Å². The molecule has 1 aromatic rings. The Morgan fingerprint density at radius 2 is 1.81 bits per heavy atom. The number of nitrogens with zero attached hydrogens (tertiary/aromatic N) is 2. The fourth-order valence-corrected chi connectivity index (χ4v) is 3.13. The van der Waals surface area contributed by atoms with E-state index in [1.807, 2.05) is 17.0 Å². The maximum atomic E-state index is 12.8. The third-order valence-corrected chi connectivity index (χ3v) is 4.69. The summed E-state index contributed by atoms with van der Waals surface area (Å²) < 4.78 is 10.5. The molecule has 0 saturated carbocycles. The van der Waals surface area contributed by atoms with Crippen LogP contribution >= 0.6 is 0 Å². The normalized spacial score (nSPS) is 15.0. The second-order valence-corrected chi connectivity index (χ2v) is 6.82. The zero-order chi connectivity index (χ0) is 19.1. The second kappa shape index (κ2) is 9.46. The zero-order valence-corrected chi connectivity index (χ0v) is 16.3. The van der Waals surface area contributed by atoms with Gasteiger partial charge in [-0.05, 0) is 30.9 Å². The molecular formula is C20H30N2O4. The molecular weight excluding hydrogens is 332 g/mol. The Kier molecular flexibility index (Phi) is 7.30. The largest absolute Gasteiger partial charge is 0.496 e. The van der Waals surface area contributed by atoms with Crippen molar-refractivity contribution in [1.82, 2.24) is 9.80 Å². The lowest BCUT2D eigenvalue weighted by Gasteiger charge is -2.22. The topological polar surface area (TPSA) is 59.1 Å². The van der Waals surface area contributed by atoms with Crippen molar-refractivity contribution in [3.63, 3.8) is 0 Å². The van der Waals surface area contributed by atoms with Crippen LogP contribution in [0.15, 0.2) is 18.2 Å². The average Bonchev–Trinajstić information content (AvgIpc) is 2.88. The van der Waals surface area contributed by atoms with Crippen molar-refractivity contribution in [1.29, 1.82) is 0 Å². The number of methoxy groups -OCH3 is 1. The minimum absolute atomic E-state index is 0.0647. The van der Waals surface area contributed by atoms with Crippen LogP contribution < -0.4 is 4.74 Å². The molecule has 0 aromatic heterocycles. The summed E-state index contributed by atoms with van der Waals surface area (Å²) >= 11 is 0. The van der Waals surface area contributed by atoms with Crippen molar-refractivity contribution in [2.75, 3.05) is 39.9 Å². The first-order chi connectivity index (χ1) is 12.5. The zero-order valence-electron chi connectivity index (χ0n) is 16.3.